The zero-order chi connectivity index (χ0) is 14.7. The molecule has 20 heavy (non-hydrogen) atoms. The van der Waals surface area contributed by atoms with Gasteiger partial charge in [0.05, 0.1) is 0 Å². The normalized spacial score (nSPS) is 11.9. The lowest BCUT2D eigenvalue weighted by atomic mass is 10.0. The van der Waals surface area contributed by atoms with E-state index in [0.29, 0.717) is 11.3 Å². The van der Waals surface area contributed by atoms with Gasteiger partial charge >= 0.3 is 5.97 Å². The van der Waals surface area contributed by atoms with Gasteiger partial charge in [-0.3, -0.25) is 0 Å². The highest BCUT2D eigenvalue weighted by molar-refractivity contribution is 5.75. The highest BCUT2D eigenvalue weighted by Crippen LogP contribution is 2.30. The Bertz CT molecular complexity index is 618. The molecule has 2 aromatic carbocycles. The number of carboxylic acids is 1. The fourth-order valence-electron chi connectivity index (χ4n) is 2.11. The van der Waals surface area contributed by atoms with E-state index >= 15 is 0 Å². The minimum atomic E-state index is -0.990. The highest BCUT2D eigenvalue weighted by atomic mass is 16.5. The molecule has 3 nitrogen and oxygen atoms in total. The minimum Gasteiger partial charge on any atom is -0.478 e. The average molecular weight is 270 g/mol. The summed E-state index contributed by atoms with van der Waals surface area (Å²) >= 11 is 0. The maximum atomic E-state index is 11.5. The summed E-state index contributed by atoms with van der Waals surface area (Å²) < 4.78 is 5.80. The first kappa shape index (κ1) is 14.1. The summed E-state index contributed by atoms with van der Waals surface area (Å²) in [6.45, 7) is 5.85. The molecule has 0 aliphatic rings. The Balaban J connectivity index is 2.40. The third-order valence-electron chi connectivity index (χ3n) is 3.44. The Hall–Kier alpha value is -2.29. The van der Waals surface area contributed by atoms with E-state index in [1.165, 1.54) is 0 Å². The van der Waals surface area contributed by atoms with E-state index in [1.54, 1.807) is 12.1 Å². The molecular formula is C17H18O3. The van der Waals surface area contributed by atoms with Gasteiger partial charge in [-0.1, -0.05) is 42.5 Å². The van der Waals surface area contributed by atoms with Crippen LogP contribution < -0.4 is 4.74 Å². The smallest absolute Gasteiger partial charge is 0.349 e. The van der Waals surface area contributed by atoms with Crippen LogP contribution in [0.5, 0.6) is 5.75 Å². The molecule has 2 rings (SSSR count). The summed E-state index contributed by atoms with van der Waals surface area (Å²) in [5.41, 5.74) is 3.64. The van der Waals surface area contributed by atoms with Crippen molar-refractivity contribution in [3.05, 3.63) is 64.7 Å². The van der Waals surface area contributed by atoms with E-state index in [0.717, 1.165) is 16.7 Å². The molecule has 3 heteroatoms. The van der Waals surface area contributed by atoms with Gasteiger partial charge in [-0.05, 0) is 37.5 Å². The van der Waals surface area contributed by atoms with Crippen LogP contribution in [0.15, 0.2) is 42.5 Å². The number of hydrogen-bond acceptors (Lipinski definition) is 2. The lowest BCUT2D eigenvalue weighted by Gasteiger charge is -2.19. The first-order chi connectivity index (χ1) is 9.50. The summed E-state index contributed by atoms with van der Waals surface area (Å²) in [5.74, 6) is -0.335. The highest BCUT2D eigenvalue weighted by Gasteiger charge is 2.23. The van der Waals surface area contributed by atoms with Crippen molar-refractivity contribution in [1.82, 2.24) is 0 Å². The first-order valence-electron chi connectivity index (χ1n) is 6.52. The quantitative estimate of drug-likeness (QED) is 0.918. The fourth-order valence-corrected chi connectivity index (χ4v) is 2.11. The van der Waals surface area contributed by atoms with Gasteiger partial charge in [0, 0.05) is 5.56 Å². The molecule has 0 heterocycles. The molecule has 0 radical (unpaired) electrons. The molecule has 0 amide bonds. The Morgan fingerprint density at radius 1 is 1.00 bits per heavy atom. The van der Waals surface area contributed by atoms with Crippen LogP contribution in [-0.2, 0) is 4.79 Å². The first-order valence-corrected chi connectivity index (χ1v) is 6.52. The van der Waals surface area contributed by atoms with Crippen molar-refractivity contribution in [1.29, 1.82) is 0 Å². The molecule has 0 aliphatic heterocycles. The summed E-state index contributed by atoms with van der Waals surface area (Å²) in [4.78, 5) is 11.5. The van der Waals surface area contributed by atoms with Crippen LogP contribution in [0.1, 0.15) is 28.4 Å². The Kier molecular flexibility index (Phi) is 4.08. The second-order valence-electron chi connectivity index (χ2n) is 4.90. The van der Waals surface area contributed by atoms with Gasteiger partial charge in [-0.15, -0.1) is 0 Å². The molecule has 1 N–H and O–H groups in total. The molecule has 0 fully saturated rings. The number of carbonyl (C=O) groups is 1. The van der Waals surface area contributed by atoms with E-state index in [-0.39, 0.29) is 0 Å². The van der Waals surface area contributed by atoms with E-state index < -0.39 is 12.1 Å². The predicted molar refractivity (Wildman–Crippen MR) is 78.1 cm³/mol. The van der Waals surface area contributed by atoms with Gasteiger partial charge in [-0.25, -0.2) is 4.79 Å². The van der Waals surface area contributed by atoms with Gasteiger partial charge in [-0.2, -0.15) is 0 Å². The molecular weight excluding hydrogens is 252 g/mol. The summed E-state index contributed by atoms with van der Waals surface area (Å²) in [6.07, 6.45) is -0.990. The topological polar surface area (TPSA) is 46.5 Å². The number of carboxylic acid groups (broad SMARTS) is 1. The largest absolute Gasteiger partial charge is 0.478 e. The standard InChI is InChI=1S/C17H18O3/c1-11-9-10-12(2)15(13(11)3)20-16(17(18)19)14-7-5-4-6-8-14/h4-10,16H,1-3H3,(H,18,19). The van der Waals surface area contributed by atoms with Crippen LogP contribution in [0.3, 0.4) is 0 Å². The zero-order valence-electron chi connectivity index (χ0n) is 11.9. The number of benzene rings is 2. The lowest BCUT2D eigenvalue weighted by molar-refractivity contribution is -0.145. The van der Waals surface area contributed by atoms with E-state index in [2.05, 4.69) is 0 Å². The third kappa shape index (κ3) is 2.82. The molecule has 2 aromatic rings. The Morgan fingerprint density at radius 3 is 2.20 bits per heavy atom. The van der Waals surface area contributed by atoms with Gasteiger partial charge in [0.25, 0.3) is 0 Å². The molecule has 0 spiro atoms. The van der Waals surface area contributed by atoms with Crippen molar-refractivity contribution in [2.45, 2.75) is 26.9 Å². The van der Waals surface area contributed by atoms with Crippen LogP contribution in [0.2, 0.25) is 0 Å². The second-order valence-corrected chi connectivity index (χ2v) is 4.90. The number of rotatable bonds is 4. The predicted octanol–water partition coefficient (Wildman–Crippen LogP) is 3.82. The Morgan fingerprint density at radius 2 is 1.60 bits per heavy atom. The molecule has 0 aliphatic carbocycles. The fraction of sp³-hybridized carbons (Fsp3) is 0.235. The average Bonchev–Trinajstić information content (AvgIpc) is 2.44. The van der Waals surface area contributed by atoms with Gasteiger partial charge in [0.2, 0.25) is 6.10 Å². The van der Waals surface area contributed by atoms with E-state index in [4.69, 9.17) is 4.74 Å². The maximum absolute atomic E-state index is 11.5. The SMILES string of the molecule is Cc1ccc(C)c(OC(C(=O)O)c2ccccc2)c1C. The minimum absolute atomic E-state index is 0.639. The number of ether oxygens (including phenoxy) is 1. The van der Waals surface area contributed by atoms with Crippen molar-refractivity contribution in [3.8, 4) is 5.75 Å². The van der Waals surface area contributed by atoms with Gasteiger partial charge < -0.3 is 9.84 Å². The van der Waals surface area contributed by atoms with Crippen molar-refractivity contribution in [2.75, 3.05) is 0 Å². The zero-order valence-corrected chi connectivity index (χ0v) is 11.9. The maximum Gasteiger partial charge on any atom is 0.349 e. The van der Waals surface area contributed by atoms with Gasteiger partial charge in [0.15, 0.2) is 0 Å². The van der Waals surface area contributed by atoms with Crippen LogP contribution in [0, 0.1) is 20.8 Å². The molecule has 0 saturated carbocycles. The monoisotopic (exact) mass is 270 g/mol. The van der Waals surface area contributed by atoms with Crippen molar-refractivity contribution in [2.24, 2.45) is 0 Å². The van der Waals surface area contributed by atoms with Crippen molar-refractivity contribution >= 4 is 5.97 Å². The van der Waals surface area contributed by atoms with Crippen LogP contribution >= 0.6 is 0 Å². The summed E-state index contributed by atoms with van der Waals surface area (Å²) in [6, 6.07) is 13.0. The number of hydrogen-bond donors (Lipinski definition) is 1. The van der Waals surface area contributed by atoms with Crippen molar-refractivity contribution < 1.29 is 14.6 Å². The lowest BCUT2D eigenvalue weighted by Crippen LogP contribution is -2.19. The van der Waals surface area contributed by atoms with E-state index in [1.807, 2.05) is 51.1 Å². The molecule has 0 bridgehead atoms. The number of aliphatic carboxylic acids is 1. The molecule has 0 aromatic heterocycles. The summed E-state index contributed by atoms with van der Waals surface area (Å²) in [5, 5.41) is 9.41. The van der Waals surface area contributed by atoms with Crippen LogP contribution in [-0.4, -0.2) is 11.1 Å². The van der Waals surface area contributed by atoms with Crippen LogP contribution in [0.4, 0.5) is 0 Å². The second kappa shape index (κ2) is 5.78. The van der Waals surface area contributed by atoms with Crippen LogP contribution in [0.25, 0.3) is 0 Å². The van der Waals surface area contributed by atoms with Gasteiger partial charge in [0.1, 0.15) is 5.75 Å². The molecule has 1 unspecified atom stereocenters. The Labute approximate surface area is 118 Å². The van der Waals surface area contributed by atoms with E-state index in [9.17, 15) is 9.90 Å². The number of aryl methyl sites for hydroxylation is 2. The molecule has 0 saturated heterocycles. The molecule has 1 atom stereocenters. The van der Waals surface area contributed by atoms with Crippen molar-refractivity contribution in [3.63, 3.8) is 0 Å². The molecule has 104 valence electrons. The summed E-state index contributed by atoms with van der Waals surface area (Å²) in [7, 11) is 0. The third-order valence-corrected chi connectivity index (χ3v) is 3.44.